The minimum atomic E-state index is 0.698. The first-order valence-corrected chi connectivity index (χ1v) is 7.11. The summed E-state index contributed by atoms with van der Waals surface area (Å²) < 4.78 is 0. The van der Waals surface area contributed by atoms with Gasteiger partial charge in [-0.05, 0) is 38.8 Å². The predicted octanol–water partition coefficient (Wildman–Crippen LogP) is 4.84. The molecule has 0 unspecified atom stereocenters. The number of carbonyl (C=O) groups excluding carboxylic acids is 2. The van der Waals surface area contributed by atoms with E-state index in [4.69, 9.17) is 0 Å². The van der Waals surface area contributed by atoms with E-state index in [1.807, 2.05) is 62.5 Å². The third kappa shape index (κ3) is 11.4. The molecule has 2 heteroatoms. The van der Waals surface area contributed by atoms with Gasteiger partial charge in [-0.15, -0.1) is 0 Å². The normalized spacial score (nSPS) is 15.3. The lowest BCUT2D eigenvalue weighted by molar-refractivity contribution is -0.105. The topological polar surface area (TPSA) is 34.1 Å². The molecule has 0 N–H and O–H groups in total. The molecule has 0 aromatic heterocycles. The van der Waals surface area contributed by atoms with E-state index >= 15 is 0 Å². The first kappa shape index (κ1) is 19.5. The van der Waals surface area contributed by atoms with Crippen LogP contribution in [-0.2, 0) is 9.59 Å². The van der Waals surface area contributed by atoms with Gasteiger partial charge in [0.05, 0.1) is 0 Å². The Hall–Kier alpha value is -2.48. The third-order valence-corrected chi connectivity index (χ3v) is 2.64. The van der Waals surface area contributed by atoms with Crippen LogP contribution in [0, 0.1) is 0 Å². The summed E-state index contributed by atoms with van der Waals surface area (Å²) in [6.07, 6.45) is 20.7. The van der Waals surface area contributed by atoms with Crippen LogP contribution < -0.4 is 0 Å². The molecule has 0 atom stereocenters. The average Bonchev–Trinajstić information content (AvgIpc) is 2.51. The van der Waals surface area contributed by atoms with E-state index in [0.29, 0.717) is 11.1 Å². The number of allylic oxidation sites excluding steroid dienone is 14. The predicted molar refractivity (Wildman–Crippen MR) is 94.6 cm³/mol. The summed E-state index contributed by atoms with van der Waals surface area (Å²) in [6.45, 7) is 7.52. The van der Waals surface area contributed by atoms with Crippen molar-refractivity contribution in [2.45, 2.75) is 27.7 Å². The summed E-state index contributed by atoms with van der Waals surface area (Å²) in [4.78, 5) is 20.8. The second kappa shape index (κ2) is 12.3. The number of rotatable bonds is 8. The molecule has 0 rings (SSSR count). The molecular formula is C20H24O2. The highest BCUT2D eigenvalue weighted by molar-refractivity contribution is 5.73. The molecule has 0 aromatic carbocycles. The van der Waals surface area contributed by atoms with Crippen LogP contribution in [0.1, 0.15) is 27.7 Å². The zero-order valence-electron chi connectivity index (χ0n) is 13.7. The van der Waals surface area contributed by atoms with Gasteiger partial charge in [0.15, 0.2) is 0 Å². The van der Waals surface area contributed by atoms with Crippen LogP contribution in [0.4, 0.5) is 0 Å². The molecule has 0 spiro atoms. The fourth-order valence-corrected chi connectivity index (χ4v) is 1.31. The molecule has 0 aromatic rings. The minimum Gasteiger partial charge on any atom is -0.298 e. The van der Waals surface area contributed by atoms with Gasteiger partial charge in [-0.3, -0.25) is 9.59 Å². The van der Waals surface area contributed by atoms with Crippen molar-refractivity contribution < 1.29 is 9.59 Å². The van der Waals surface area contributed by atoms with E-state index in [1.165, 1.54) is 0 Å². The Balaban J connectivity index is 4.53. The SMILES string of the molecule is CC(C=O)=CC=CC(C)=CC=CC=C(C)C=CC=C(C)C=O. The number of aldehydes is 2. The molecule has 0 fully saturated rings. The molecule has 0 aliphatic heterocycles. The van der Waals surface area contributed by atoms with Gasteiger partial charge in [-0.25, -0.2) is 0 Å². The first-order valence-electron chi connectivity index (χ1n) is 7.11. The average molecular weight is 296 g/mol. The van der Waals surface area contributed by atoms with Gasteiger partial charge in [-0.1, -0.05) is 71.9 Å². The molecule has 0 saturated heterocycles. The lowest BCUT2D eigenvalue weighted by Crippen LogP contribution is -1.73. The Bertz CT molecular complexity index is 525. The molecule has 0 aliphatic rings. The zero-order chi connectivity index (χ0) is 16.8. The molecule has 2 nitrogen and oxygen atoms in total. The molecule has 0 aliphatic carbocycles. The molecule has 0 amide bonds. The summed E-state index contributed by atoms with van der Waals surface area (Å²) in [5.41, 5.74) is 3.59. The van der Waals surface area contributed by atoms with Gasteiger partial charge in [0.25, 0.3) is 0 Å². The molecule has 0 heterocycles. The maximum Gasteiger partial charge on any atom is 0.145 e. The van der Waals surface area contributed by atoms with E-state index in [9.17, 15) is 9.59 Å². The van der Waals surface area contributed by atoms with Gasteiger partial charge >= 0.3 is 0 Å². The number of carbonyl (C=O) groups is 2. The molecule has 116 valence electrons. The van der Waals surface area contributed by atoms with Gasteiger partial charge in [0.2, 0.25) is 0 Å². The monoisotopic (exact) mass is 296 g/mol. The first-order chi connectivity index (χ1) is 10.5. The number of hydrogen-bond donors (Lipinski definition) is 0. The lowest BCUT2D eigenvalue weighted by atomic mass is 10.2. The minimum absolute atomic E-state index is 0.698. The van der Waals surface area contributed by atoms with Crippen LogP contribution in [-0.4, -0.2) is 12.6 Å². The van der Waals surface area contributed by atoms with Crippen LogP contribution in [0.2, 0.25) is 0 Å². The van der Waals surface area contributed by atoms with Crippen molar-refractivity contribution in [2.24, 2.45) is 0 Å². The second-order valence-corrected chi connectivity index (χ2v) is 4.98. The van der Waals surface area contributed by atoms with E-state index in [0.717, 1.165) is 23.7 Å². The molecule has 22 heavy (non-hydrogen) atoms. The summed E-state index contributed by atoms with van der Waals surface area (Å²) in [5.74, 6) is 0. The Morgan fingerprint density at radius 2 is 0.818 bits per heavy atom. The van der Waals surface area contributed by atoms with Crippen LogP contribution in [0.3, 0.4) is 0 Å². The quantitative estimate of drug-likeness (QED) is 0.365. The summed E-state index contributed by atoms with van der Waals surface area (Å²) in [7, 11) is 0. The van der Waals surface area contributed by atoms with E-state index in [1.54, 1.807) is 26.0 Å². The Morgan fingerprint density at radius 1 is 0.500 bits per heavy atom. The highest BCUT2D eigenvalue weighted by Gasteiger charge is 1.82. The maximum atomic E-state index is 10.4. The third-order valence-electron chi connectivity index (χ3n) is 2.64. The van der Waals surface area contributed by atoms with Crippen molar-refractivity contribution in [1.29, 1.82) is 0 Å². The maximum absolute atomic E-state index is 10.4. The van der Waals surface area contributed by atoms with E-state index in [-0.39, 0.29) is 0 Å². The summed E-state index contributed by atoms with van der Waals surface area (Å²) in [5, 5.41) is 0. The Kier molecular flexibility index (Phi) is 10.9. The molecule has 0 bridgehead atoms. The van der Waals surface area contributed by atoms with Crippen LogP contribution >= 0.6 is 0 Å². The molecule has 0 radical (unpaired) electrons. The van der Waals surface area contributed by atoms with Crippen LogP contribution in [0.25, 0.3) is 0 Å². The van der Waals surface area contributed by atoms with E-state index in [2.05, 4.69) is 0 Å². The summed E-state index contributed by atoms with van der Waals surface area (Å²) in [6, 6.07) is 0. The number of hydrogen-bond acceptors (Lipinski definition) is 2. The smallest absolute Gasteiger partial charge is 0.145 e. The van der Waals surface area contributed by atoms with Crippen molar-refractivity contribution in [1.82, 2.24) is 0 Å². The molecular weight excluding hydrogens is 272 g/mol. The van der Waals surface area contributed by atoms with Crippen molar-refractivity contribution in [3.63, 3.8) is 0 Å². The van der Waals surface area contributed by atoms with Gasteiger partial charge in [-0.2, -0.15) is 0 Å². The van der Waals surface area contributed by atoms with Gasteiger partial charge < -0.3 is 0 Å². The van der Waals surface area contributed by atoms with Crippen molar-refractivity contribution >= 4 is 12.6 Å². The Labute approximate surface area is 133 Å². The van der Waals surface area contributed by atoms with Crippen molar-refractivity contribution in [3.05, 3.63) is 83.1 Å². The highest BCUT2D eigenvalue weighted by atomic mass is 16.1. The van der Waals surface area contributed by atoms with Crippen molar-refractivity contribution in [2.75, 3.05) is 0 Å². The van der Waals surface area contributed by atoms with Crippen LogP contribution in [0.5, 0.6) is 0 Å². The Morgan fingerprint density at radius 3 is 1.14 bits per heavy atom. The highest BCUT2D eigenvalue weighted by Crippen LogP contribution is 2.00. The van der Waals surface area contributed by atoms with Gasteiger partial charge in [0, 0.05) is 0 Å². The largest absolute Gasteiger partial charge is 0.298 e. The van der Waals surface area contributed by atoms with E-state index < -0.39 is 0 Å². The fraction of sp³-hybridized carbons (Fsp3) is 0.200. The van der Waals surface area contributed by atoms with Gasteiger partial charge in [0.1, 0.15) is 12.6 Å². The fourth-order valence-electron chi connectivity index (χ4n) is 1.31. The van der Waals surface area contributed by atoms with Crippen LogP contribution in [0.15, 0.2) is 83.1 Å². The second-order valence-electron chi connectivity index (χ2n) is 4.98. The summed E-state index contributed by atoms with van der Waals surface area (Å²) >= 11 is 0. The molecule has 0 saturated carbocycles. The standard InChI is InChI=1S/C20H24O2/c1-17(11-7-13-19(3)15-21)9-5-6-10-18(2)12-8-14-20(4)16-22/h5-16H,1-4H3. The lowest BCUT2D eigenvalue weighted by Gasteiger charge is -1.89. The van der Waals surface area contributed by atoms with Crippen molar-refractivity contribution in [3.8, 4) is 0 Å². The zero-order valence-corrected chi connectivity index (χ0v) is 13.7.